The summed E-state index contributed by atoms with van der Waals surface area (Å²) in [6.45, 7) is 0. The summed E-state index contributed by atoms with van der Waals surface area (Å²) >= 11 is 3.15. The lowest BCUT2D eigenvalue weighted by atomic mass is 10.2. The van der Waals surface area contributed by atoms with Gasteiger partial charge in [0.1, 0.15) is 11.5 Å². The van der Waals surface area contributed by atoms with Crippen molar-refractivity contribution in [3.8, 4) is 11.5 Å². The van der Waals surface area contributed by atoms with E-state index in [4.69, 9.17) is 0 Å². The van der Waals surface area contributed by atoms with Crippen molar-refractivity contribution in [2.75, 3.05) is 5.32 Å². The van der Waals surface area contributed by atoms with Crippen LogP contribution in [0.15, 0.2) is 40.9 Å². The Bertz CT molecular complexity index is 732. The predicted molar refractivity (Wildman–Crippen MR) is 78.5 cm³/mol. The highest BCUT2D eigenvalue weighted by molar-refractivity contribution is 9.10. The number of non-ortho nitro benzene ring substituents is 1. The molecule has 2 aromatic rings. The van der Waals surface area contributed by atoms with Gasteiger partial charge >= 0.3 is 0 Å². The zero-order valence-electron chi connectivity index (χ0n) is 10.4. The van der Waals surface area contributed by atoms with E-state index in [2.05, 4.69) is 21.2 Å². The maximum atomic E-state index is 12.0. The van der Waals surface area contributed by atoms with Crippen LogP contribution in [0.4, 0.5) is 11.4 Å². The number of carbonyl (C=O) groups excluding carboxylic acids is 1. The fraction of sp³-hybridized carbons (Fsp3) is 0. The molecular formula is C13H9BrN2O5. The topological polar surface area (TPSA) is 113 Å². The number of rotatable bonds is 3. The second-order valence-corrected chi connectivity index (χ2v) is 4.99. The van der Waals surface area contributed by atoms with Crippen LogP contribution in [0.25, 0.3) is 0 Å². The van der Waals surface area contributed by atoms with Gasteiger partial charge in [0, 0.05) is 10.5 Å². The molecular weight excluding hydrogens is 344 g/mol. The lowest BCUT2D eigenvalue weighted by molar-refractivity contribution is -0.384. The molecule has 0 aliphatic rings. The van der Waals surface area contributed by atoms with Gasteiger partial charge < -0.3 is 15.5 Å². The standard InChI is InChI=1S/C13H9BrN2O5/c14-7-1-3-9(11(17)5-7)13(19)15-10-4-2-8(16(20)21)6-12(10)18/h1-6,17-18H,(H,15,19). The van der Waals surface area contributed by atoms with Crippen molar-refractivity contribution in [3.05, 3.63) is 56.5 Å². The number of nitro groups is 1. The smallest absolute Gasteiger partial charge is 0.273 e. The SMILES string of the molecule is O=C(Nc1ccc([N+](=O)[O-])cc1O)c1ccc(Br)cc1O. The van der Waals surface area contributed by atoms with Gasteiger partial charge in [-0.1, -0.05) is 15.9 Å². The molecule has 1 amide bonds. The monoisotopic (exact) mass is 352 g/mol. The van der Waals surface area contributed by atoms with E-state index in [9.17, 15) is 25.1 Å². The van der Waals surface area contributed by atoms with Crippen LogP contribution in [0.5, 0.6) is 11.5 Å². The van der Waals surface area contributed by atoms with Crippen LogP contribution in [0.3, 0.4) is 0 Å². The van der Waals surface area contributed by atoms with Crippen molar-refractivity contribution >= 4 is 33.2 Å². The first-order valence-electron chi connectivity index (χ1n) is 5.66. The lowest BCUT2D eigenvalue weighted by Gasteiger charge is -2.08. The van der Waals surface area contributed by atoms with Crippen LogP contribution in [0.1, 0.15) is 10.4 Å². The number of phenols is 2. The highest BCUT2D eigenvalue weighted by atomic mass is 79.9. The van der Waals surface area contributed by atoms with Crippen LogP contribution < -0.4 is 5.32 Å². The van der Waals surface area contributed by atoms with Crippen LogP contribution in [0, 0.1) is 10.1 Å². The highest BCUT2D eigenvalue weighted by Gasteiger charge is 2.15. The number of phenolic OH excluding ortho intramolecular Hbond substituents is 2. The van der Waals surface area contributed by atoms with Crippen LogP contribution in [-0.2, 0) is 0 Å². The molecule has 2 aromatic carbocycles. The third-order valence-electron chi connectivity index (χ3n) is 2.64. The Morgan fingerprint density at radius 1 is 1.14 bits per heavy atom. The predicted octanol–water partition coefficient (Wildman–Crippen LogP) is 3.02. The summed E-state index contributed by atoms with van der Waals surface area (Å²) in [5.41, 5.74) is -0.277. The van der Waals surface area contributed by atoms with Crippen molar-refractivity contribution in [3.63, 3.8) is 0 Å². The second-order valence-electron chi connectivity index (χ2n) is 4.07. The molecule has 0 aliphatic carbocycles. The maximum absolute atomic E-state index is 12.0. The van der Waals surface area contributed by atoms with Gasteiger partial charge in [0.2, 0.25) is 0 Å². The molecule has 108 valence electrons. The Balaban J connectivity index is 2.25. The van der Waals surface area contributed by atoms with Crippen molar-refractivity contribution in [2.24, 2.45) is 0 Å². The van der Waals surface area contributed by atoms with Crippen LogP contribution >= 0.6 is 15.9 Å². The third-order valence-corrected chi connectivity index (χ3v) is 3.14. The first-order chi connectivity index (χ1) is 9.88. The molecule has 0 radical (unpaired) electrons. The zero-order valence-corrected chi connectivity index (χ0v) is 12.0. The number of hydrogen-bond acceptors (Lipinski definition) is 5. The van der Waals surface area contributed by atoms with Crippen molar-refractivity contribution in [2.45, 2.75) is 0 Å². The van der Waals surface area contributed by atoms with Crippen molar-refractivity contribution in [1.82, 2.24) is 0 Å². The molecule has 2 rings (SSSR count). The molecule has 0 aromatic heterocycles. The van der Waals surface area contributed by atoms with E-state index in [1.165, 1.54) is 18.2 Å². The summed E-state index contributed by atoms with van der Waals surface area (Å²) in [4.78, 5) is 21.9. The normalized spacial score (nSPS) is 10.1. The number of amides is 1. The van der Waals surface area contributed by atoms with Crippen LogP contribution in [0.2, 0.25) is 0 Å². The first kappa shape index (κ1) is 14.8. The number of carbonyl (C=O) groups is 1. The molecule has 21 heavy (non-hydrogen) atoms. The van der Waals surface area contributed by atoms with E-state index < -0.39 is 16.6 Å². The van der Waals surface area contributed by atoms with Gasteiger partial charge in [0.25, 0.3) is 11.6 Å². The van der Waals surface area contributed by atoms with Gasteiger partial charge in [-0.15, -0.1) is 0 Å². The number of halogens is 1. The van der Waals surface area contributed by atoms with Crippen molar-refractivity contribution in [1.29, 1.82) is 0 Å². The Kier molecular flexibility index (Phi) is 4.08. The largest absolute Gasteiger partial charge is 0.507 e. The quantitative estimate of drug-likeness (QED) is 0.446. The molecule has 0 atom stereocenters. The first-order valence-corrected chi connectivity index (χ1v) is 6.45. The van der Waals surface area contributed by atoms with Crippen LogP contribution in [-0.4, -0.2) is 21.0 Å². The van der Waals surface area contributed by atoms with Gasteiger partial charge in [-0.25, -0.2) is 0 Å². The Hall–Kier alpha value is -2.61. The molecule has 8 heteroatoms. The molecule has 0 unspecified atom stereocenters. The van der Waals surface area contributed by atoms with E-state index in [1.54, 1.807) is 6.07 Å². The van der Waals surface area contributed by atoms with E-state index >= 15 is 0 Å². The Morgan fingerprint density at radius 3 is 2.43 bits per heavy atom. The summed E-state index contributed by atoms with van der Waals surface area (Å²) in [5, 5.41) is 32.3. The molecule has 7 nitrogen and oxygen atoms in total. The van der Waals surface area contributed by atoms with Crippen molar-refractivity contribution < 1.29 is 19.9 Å². The van der Waals surface area contributed by atoms with Gasteiger partial charge in [-0.3, -0.25) is 14.9 Å². The third kappa shape index (κ3) is 3.29. The van der Waals surface area contributed by atoms with Gasteiger partial charge in [0.15, 0.2) is 0 Å². The molecule has 3 N–H and O–H groups in total. The Morgan fingerprint density at radius 2 is 1.86 bits per heavy atom. The minimum Gasteiger partial charge on any atom is -0.507 e. The summed E-state index contributed by atoms with van der Waals surface area (Å²) in [7, 11) is 0. The number of anilines is 1. The average Bonchev–Trinajstić information content (AvgIpc) is 2.40. The van der Waals surface area contributed by atoms with Gasteiger partial charge in [-0.05, 0) is 24.3 Å². The van der Waals surface area contributed by atoms with Gasteiger partial charge in [0.05, 0.1) is 22.2 Å². The van der Waals surface area contributed by atoms with E-state index in [0.29, 0.717) is 4.47 Å². The fourth-order valence-corrected chi connectivity index (χ4v) is 1.97. The van der Waals surface area contributed by atoms with Gasteiger partial charge in [-0.2, -0.15) is 0 Å². The minimum absolute atomic E-state index is 0.00733. The number of hydrogen-bond donors (Lipinski definition) is 3. The molecule has 0 aliphatic heterocycles. The average molecular weight is 353 g/mol. The number of aromatic hydroxyl groups is 2. The number of nitrogens with one attached hydrogen (secondary N) is 1. The van der Waals surface area contributed by atoms with E-state index in [0.717, 1.165) is 12.1 Å². The molecule has 0 saturated heterocycles. The fourth-order valence-electron chi connectivity index (χ4n) is 1.63. The van der Waals surface area contributed by atoms with E-state index in [1.807, 2.05) is 0 Å². The summed E-state index contributed by atoms with van der Waals surface area (Å²) < 4.78 is 0.606. The summed E-state index contributed by atoms with van der Waals surface area (Å²) in [6.07, 6.45) is 0. The molecule has 0 heterocycles. The Labute approximate surface area is 127 Å². The minimum atomic E-state index is -0.661. The summed E-state index contributed by atoms with van der Waals surface area (Å²) in [5.74, 6) is -1.32. The zero-order chi connectivity index (χ0) is 15.6. The van der Waals surface area contributed by atoms with E-state index in [-0.39, 0.29) is 22.7 Å². The number of benzene rings is 2. The number of nitrogens with zero attached hydrogens (tertiary/aromatic N) is 1. The molecule has 0 fully saturated rings. The number of nitro benzene ring substituents is 1. The molecule has 0 saturated carbocycles. The molecule has 0 bridgehead atoms. The highest BCUT2D eigenvalue weighted by Crippen LogP contribution is 2.29. The molecule has 0 spiro atoms. The summed E-state index contributed by atoms with van der Waals surface area (Å²) in [6, 6.07) is 7.61. The lowest BCUT2D eigenvalue weighted by Crippen LogP contribution is -2.12. The maximum Gasteiger partial charge on any atom is 0.273 e. The second kappa shape index (κ2) is 5.80.